The van der Waals surface area contributed by atoms with Gasteiger partial charge in [0.1, 0.15) is 0 Å². The Labute approximate surface area is 74.6 Å². The molecular formula is C8H10N2OS. The Balaban J connectivity index is 2.64. The minimum Gasteiger partial charge on any atom is -0.268 e. The highest BCUT2D eigenvalue weighted by molar-refractivity contribution is 7.98. The van der Waals surface area contributed by atoms with E-state index in [9.17, 15) is 4.79 Å². The molecule has 0 amide bonds. The maximum Gasteiger partial charge on any atom is 0.267 e. The van der Waals surface area contributed by atoms with Crippen molar-refractivity contribution in [2.45, 2.75) is 19.1 Å². The van der Waals surface area contributed by atoms with Gasteiger partial charge in [-0.25, -0.2) is 5.10 Å². The summed E-state index contributed by atoms with van der Waals surface area (Å²) in [5, 5.41) is 6.45. The molecule has 2 heterocycles. The number of rotatable bonds is 0. The Morgan fingerprint density at radius 2 is 2.33 bits per heavy atom. The number of hydrogen-bond donors (Lipinski definition) is 1. The summed E-state index contributed by atoms with van der Waals surface area (Å²) in [5.41, 5.74) is 3.06. The van der Waals surface area contributed by atoms with Gasteiger partial charge in [0.05, 0.1) is 5.69 Å². The number of nitrogens with zero attached hydrogens (tertiary/aromatic N) is 1. The molecule has 1 aromatic heterocycles. The van der Waals surface area contributed by atoms with E-state index in [2.05, 4.69) is 10.2 Å². The minimum absolute atomic E-state index is 0.00380. The quantitative estimate of drug-likeness (QED) is 0.647. The molecule has 0 fully saturated rings. The minimum atomic E-state index is -0.00380. The lowest BCUT2D eigenvalue weighted by Crippen LogP contribution is -2.21. The monoisotopic (exact) mass is 182 g/mol. The van der Waals surface area contributed by atoms with Gasteiger partial charge in [-0.1, -0.05) is 0 Å². The van der Waals surface area contributed by atoms with Crippen LogP contribution in [-0.4, -0.2) is 16.0 Å². The van der Waals surface area contributed by atoms with E-state index < -0.39 is 0 Å². The molecule has 0 spiro atoms. The molecule has 0 unspecified atom stereocenters. The van der Waals surface area contributed by atoms with Crippen molar-refractivity contribution in [3.05, 3.63) is 27.2 Å². The average Bonchev–Trinajstić information content (AvgIpc) is 2.12. The summed E-state index contributed by atoms with van der Waals surface area (Å²) < 4.78 is 0. The van der Waals surface area contributed by atoms with E-state index in [1.807, 2.05) is 18.7 Å². The van der Waals surface area contributed by atoms with Crippen molar-refractivity contribution in [2.75, 3.05) is 5.75 Å². The third kappa shape index (κ3) is 1.16. The number of aromatic amines is 1. The number of aryl methyl sites for hydroxylation is 1. The van der Waals surface area contributed by atoms with E-state index >= 15 is 0 Å². The topological polar surface area (TPSA) is 45.8 Å². The first kappa shape index (κ1) is 7.86. The van der Waals surface area contributed by atoms with Crippen LogP contribution in [0.2, 0.25) is 0 Å². The smallest absolute Gasteiger partial charge is 0.267 e. The van der Waals surface area contributed by atoms with Crippen LogP contribution >= 0.6 is 11.8 Å². The van der Waals surface area contributed by atoms with Crippen LogP contribution in [0.25, 0.3) is 0 Å². The number of hydrogen-bond acceptors (Lipinski definition) is 3. The SMILES string of the molecule is Cc1n[nH]c(=O)c2c1CSCC2. The van der Waals surface area contributed by atoms with Gasteiger partial charge >= 0.3 is 0 Å². The molecule has 0 bridgehead atoms. The average molecular weight is 182 g/mol. The van der Waals surface area contributed by atoms with Crippen LogP contribution in [0, 0.1) is 6.92 Å². The van der Waals surface area contributed by atoms with E-state index in [1.54, 1.807) is 0 Å². The first-order chi connectivity index (χ1) is 5.79. The Hall–Kier alpha value is -0.770. The molecule has 1 aromatic rings. The summed E-state index contributed by atoms with van der Waals surface area (Å²) in [7, 11) is 0. The molecule has 1 aliphatic heterocycles. The molecule has 2 rings (SSSR count). The lowest BCUT2D eigenvalue weighted by molar-refractivity contribution is 0.875. The van der Waals surface area contributed by atoms with Gasteiger partial charge in [-0.15, -0.1) is 0 Å². The van der Waals surface area contributed by atoms with Crippen molar-refractivity contribution < 1.29 is 0 Å². The van der Waals surface area contributed by atoms with Gasteiger partial charge < -0.3 is 0 Å². The highest BCUT2D eigenvalue weighted by Gasteiger charge is 2.15. The van der Waals surface area contributed by atoms with Crippen molar-refractivity contribution in [3.8, 4) is 0 Å². The van der Waals surface area contributed by atoms with E-state index in [4.69, 9.17) is 0 Å². The third-order valence-electron chi connectivity index (χ3n) is 2.14. The zero-order valence-electron chi connectivity index (χ0n) is 6.89. The van der Waals surface area contributed by atoms with Crippen LogP contribution in [-0.2, 0) is 12.2 Å². The van der Waals surface area contributed by atoms with Gasteiger partial charge in [0, 0.05) is 11.3 Å². The van der Waals surface area contributed by atoms with Crippen molar-refractivity contribution >= 4 is 11.8 Å². The largest absolute Gasteiger partial charge is 0.268 e. The predicted molar refractivity (Wildman–Crippen MR) is 49.5 cm³/mol. The first-order valence-corrected chi connectivity index (χ1v) is 5.09. The van der Waals surface area contributed by atoms with E-state index in [0.29, 0.717) is 0 Å². The van der Waals surface area contributed by atoms with Gasteiger partial charge in [-0.3, -0.25) is 4.79 Å². The molecule has 64 valence electrons. The Bertz CT molecular complexity index is 359. The Kier molecular flexibility index (Phi) is 1.92. The second-order valence-corrected chi connectivity index (χ2v) is 4.00. The molecule has 4 heteroatoms. The standard InChI is InChI=1S/C8H10N2OS/c1-5-7-4-12-3-2-6(7)8(11)10-9-5/h2-4H2,1H3,(H,10,11). The number of H-pyrrole nitrogens is 1. The lowest BCUT2D eigenvalue weighted by atomic mass is 10.1. The molecule has 0 radical (unpaired) electrons. The molecule has 1 N–H and O–H groups in total. The summed E-state index contributed by atoms with van der Waals surface area (Å²) in [6, 6.07) is 0. The second kappa shape index (κ2) is 2.94. The summed E-state index contributed by atoms with van der Waals surface area (Å²) in [6.07, 6.45) is 0.888. The maximum atomic E-state index is 11.3. The van der Waals surface area contributed by atoms with Crippen molar-refractivity contribution in [1.29, 1.82) is 0 Å². The fourth-order valence-corrected chi connectivity index (χ4v) is 2.51. The van der Waals surface area contributed by atoms with Gasteiger partial charge in [0.2, 0.25) is 0 Å². The van der Waals surface area contributed by atoms with Crippen LogP contribution in [0.15, 0.2) is 4.79 Å². The molecule has 12 heavy (non-hydrogen) atoms. The Morgan fingerprint density at radius 1 is 1.50 bits per heavy atom. The first-order valence-electron chi connectivity index (χ1n) is 3.94. The van der Waals surface area contributed by atoms with Gasteiger partial charge in [0.25, 0.3) is 5.56 Å². The fraction of sp³-hybridized carbons (Fsp3) is 0.500. The zero-order chi connectivity index (χ0) is 8.55. The zero-order valence-corrected chi connectivity index (χ0v) is 7.70. The van der Waals surface area contributed by atoms with E-state index in [-0.39, 0.29) is 5.56 Å². The van der Waals surface area contributed by atoms with Crippen molar-refractivity contribution in [1.82, 2.24) is 10.2 Å². The molecule has 0 saturated carbocycles. The van der Waals surface area contributed by atoms with Crippen LogP contribution < -0.4 is 5.56 Å². The summed E-state index contributed by atoms with van der Waals surface area (Å²) in [4.78, 5) is 11.3. The maximum absolute atomic E-state index is 11.3. The van der Waals surface area contributed by atoms with Crippen LogP contribution in [0.3, 0.4) is 0 Å². The van der Waals surface area contributed by atoms with E-state index in [1.165, 1.54) is 0 Å². The third-order valence-corrected chi connectivity index (χ3v) is 3.13. The molecule has 0 atom stereocenters. The van der Waals surface area contributed by atoms with Gasteiger partial charge in [-0.2, -0.15) is 16.9 Å². The Morgan fingerprint density at radius 3 is 3.08 bits per heavy atom. The molecule has 0 saturated heterocycles. The van der Waals surface area contributed by atoms with E-state index in [0.717, 1.165) is 34.7 Å². The molecular weight excluding hydrogens is 172 g/mol. The number of nitrogens with one attached hydrogen (secondary N) is 1. The highest BCUT2D eigenvalue weighted by Crippen LogP contribution is 2.22. The lowest BCUT2D eigenvalue weighted by Gasteiger charge is -2.14. The van der Waals surface area contributed by atoms with Crippen molar-refractivity contribution in [2.24, 2.45) is 0 Å². The summed E-state index contributed by atoms with van der Waals surface area (Å²) >= 11 is 1.87. The summed E-state index contributed by atoms with van der Waals surface area (Å²) in [5.74, 6) is 2.00. The highest BCUT2D eigenvalue weighted by atomic mass is 32.2. The number of thioether (sulfide) groups is 1. The number of fused-ring (bicyclic) bond motifs is 1. The van der Waals surface area contributed by atoms with Crippen LogP contribution in [0.4, 0.5) is 0 Å². The molecule has 3 nitrogen and oxygen atoms in total. The summed E-state index contributed by atoms with van der Waals surface area (Å²) in [6.45, 7) is 1.95. The van der Waals surface area contributed by atoms with Crippen LogP contribution in [0.5, 0.6) is 0 Å². The second-order valence-electron chi connectivity index (χ2n) is 2.90. The molecule has 0 aliphatic carbocycles. The fourth-order valence-electron chi connectivity index (χ4n) is 1.43. The molecule has 1 aliphatic rings. The van der Waals surface area contributed by atoms with Crippen LogP contribution in [0.1, 0.15) is 16.8 Å². The normalized spacial score (nSPS) is 15.8. The van der Waals surface area contributed by atoms with Crippen molar-refractivity contribution in [3.63, 3.8) is 0 Å². The molecule has 0 aromatic carbocycles. The van der Waals surface area contributed by atoms with Gasteiger partial charge in [-0.05, 0) is 24.7 Å². The van der Waals surface area contributed by atoms with Gasteiger partial charge in [0.15, 0.2) is 0 Å². The number of aromatic nitrogens is 2. The predicted octanol–water partition coefficient (Wildman–Crippen LogP) is 0.868.